The number of amides is 1. The van der Waals surface area contributed by atoms with Gasteiger partial charge in [-0.15, -0.1) is 0 Å². The average molecular weight is 379 g/mol. The van der Waals surface area contributed by atoms with Gasteiger partial charge in [0.1, 0.15) is 5.60 Å². The van der Waals surface area contributed by atoms with E-state index in [4.69, 9.17) is 14.0 Å². The van der Waals surface area contributed by atoms with Crippen LogP contribution in [0.1, 0.15) is 61.3 Å². The molecule has 0 saturated carbocycles. The lowest BCUT2D eigenvalue weighted by molar-refractivity contribution is 0.00578. The zero-order valence-electron chi connectivity index (χ0n) is 17.8. The van der Waals surface area contributed by atoms with Crippen molar-refractivity contribution in [3.05, 3.63) is 11.7 Å². The number of carbonyl (C=O) groups excluding carboxylic acids is 1. The second-order valence-electron chi connectivity index (χ2n) is 9.76. The molecule has 0 atom stereocenters. The predicted molar refractivity (Wildman–Crippen MR) is 105 cm³/mol. The highest BCUT2D eigenvalue weighted by molar-refractivity contribution is 6.54. The summed E-state index contributed by atoms with van der Waals surface area (Å²) in [4.78, 5) is 14.0. The van der Waals surface area contributed by atoms with Crippen molar-refractivity contribution >= 4 is 13.2 Å². The Labute approximate surface area is 163 Å². The molecule has 0 aliphatic carbocycles. The van der Waals surface area contributed by atoms with Crippen molar-refractivity contribution in [2.24, 2.45) is 0 Å². The van der Waals surface area contributed by atoms with Crippen LogP contribution in [0.2, 0.25) is 0 Å². The van der Waals surface area contributed by atoms with Crippen molar-refractivity contribution in [2.75, 3.05) is 19.6 Å². The third-order valence-corrected chi connectivity index (χ3v) is 5.88. The molecule has 0 spiro atoms. The number of nitrogens with one attached hydrogen (secondary N) is 1. The highest BCUT2D eigenvalue weighted by atomic mass is 16.7. The standard InChI is InChI=1S/C19H34BN3O4/c1-17(2,3)25-16(24)22-10-8-15(9-11-22)23-13-14(12-21-23)20-26-18(4,5)19(6,7)27-20/h12,15,21H,8-11,13H2,1-7H3. The topological polar surface area (TPSA) is 63.3 Å². The Bertz CT molecular complexity index is 591. The first-order chi connectivity index (χ1) is 12.4. The first-order valence-electron chi connectivity index (χ1n) is 9.93. The van der Waals surface area contributed by atoms with Gasteiger partial charge in [0.2, 0.25) is 0 Å². The van der Waals surface area contributed by atoms with Crippen LogP contribution in [0, 0.1) is 0 Å². The Kier molecular flexibility index (Phi) is 5.29. The summed E-state index contributed by atoms with van der Waals surface area (Å²) < 4.78 is 17.8. The fourth-order valence-electron chi connectivity index (χ4n) is 3.51. The minimum atomic E-state index is -0.452. The molecule has 3 rings (SSSR count). The van der Waals surface area contributed by atoms with Crippen molar-refractivity contribution in [1.29, 1.82) is 0 Å². The molecule has 0 unspecified atom stereocenters. The molecule has 2 fully saturated rings. The Hall–Kier alpha value is -1.25. The molecule has 27 heavy (non-hydrogen) atoms. The van der Waals surface area contributed by atoms with Gasteiger partial charge in [0, 0.05) is 31.9 Å². The molecule has 0 aromatic heterocycles. The van der Waals surface area contributed by atoms with E-state index in [1.807, 2.05) is 27.0 Å². The number of hydrogen-bond acceptors (Lipinski definition) is 6. The third kappa shape index (κ3) is 4.44. The Morgan fingerprint density at radius 1 is 1.19 bits per heavy atom. The quantitative estimate of drug-likeness (QED) is 0.745. The zero-order valence-corrected chi connectivity index (χ0v) is 17.8. The minimum Gasteiger partial charge on any atom is -0.444 e. The van der Waals surface area contributed by atoms with Gasteiger partial charge in [-0.25, -0.2) is 9.80 Å². The monoisotopic (exact) mass is 379 g/mol. The second kappa shape index (κ2) is 6.97. The number of likely N-dealkylation sites (tertiary alicyclic amines) is 1. The number of hydrazine groups is 1. The lowest BCUT2D eigenvalue weighted by atomic mass is 9.79. The highest BCUT2D eigenvalue weighted by Gasteiger charge is 2.53. The number of hydrogen-bond donors (Lipinski definition) is 1. The fourth-order valence-corrected chi connectivity index (χ4v) is 3.51. The van der Waals surface area contributed by atoms with Gasteiger partial charge in [0.25, 0.3) is 0 Å². The summed E-state index contributed by atoms with van der Waals surface area (Å²) in [6.45, 7) is 16.2. The Morgan fingerprint density at radius 3 is 2.26 bits per heavy atom. The minimum absolute atomic E-state index is 0.216. The lowest BCUT2D eigenvalue weighted by Crippen LogP contribution is -2.50. The average Bonchev–Trinajstić information content (AvgIpc) is 3.09. The third-order valence-electron chi connectivity index (χ3n) is 5.88. The van der Waals surface area contributed by atoms with E-state index in [0.29, 0.717) is 19.1 Å². The summed E-state index contributed by atoms with van der Waals surface area (Å²) in [6, 6.07) is 0.375. The molecule has 0 radical (unpaired) electrons. The number of piperidine rings is 1. The molecular weight excluding hydrogens is 345 g/mol. The maximum absolute atomic E-state index is 12.2. The van der Waals surface area contributed by atoms with Crippen molar-refractivity contribution < 1.29 is 18.8 Å². The van der Waals surface area contributed by atoms with Crippen LogP contribution in [0.3, 0.4) is 0 Å². The van der Waals surface area contributed by atoms with Gasteiger partial charge in [-0.3, -0.25) is 0 Å². The van der Waals surface area contributed by atoms with Gasteiger partial charge < -0.3 is 24.4 Å². The Morgan fingerprint density at radius 2 is 1.74 bits per heavy atom. The van der Waals surface area contributed by atoms with Gasteiger partial charge in [0.05, 0.1) is 11.2 Å². The van der Waals surface area contributed by atoms with E-state index in [1.54, 1.807) is 4.90 Å². The maximum Gasteiger partial charge on any atom is 0.493 e. The van der Waals surface area contributed by atoms with Crippen LogP contribution in [-0.4, -0.2) is 65.6 Å². The number of ether oxygens (including phenoxy) is 1. The van der Waals surface area contributed by atoms with E-state index in [1.165, 1.54) is 0 Å². The summed E-state index contributed by atoms with van der Waals surface area (Å²) in [5, 5.41) is 2.23. The highest BCUT2D eigenvalue weighted by Crippen LogP contribution is 2.39. The molecule has 1 amide bonds. The van der Waals surface area contributed by atoms with Crippen molar-refractivity contribution in [1.82, 2.24) is 15.3 Å². The molecule has 152 valence electrons. The van der Waals surface area contributed by atoms with Gasteiger partial charge in [-0.1, -0.05) is 0 Å². The van der Waals surface area contributed by atoms with Gasteiger partial charge in [0.15, 0.2) is 0 Å². The smallest absolute Gasteiger partial charge is 0.444 e. The molecule has 3 aliphatic heterocycles. The molecule has 3 heterocycles. The van der Waals surface area contributed by atoms with E-state index >= 15 is 0 Å². The van der Waals surface area contributed by atoms with Crippen LogP contribution in [0.5, 0.6) is 0 Å². The van der Waals surface area contributed by atoms with E-state index < -0.39 is 5.60 Å². The van der Waals surface area contributed by atoms with E-state index in [0.717, 1.165) is 24.9 Å². The van der Waals surface area contributed by atoms with Gasteiger partial charge >= 0.3 is 13.2 Å². The number of rotatable bonds is 2. The van der Waals surface area contributed by atoms with Gasteiger partial charge in [-0.2, -0.15) is 0 Å². The van der Waals surface area contributed by atoms with Crippen LogP contribution in [0.25, 0.3) is 0 Å². The van der Waals surface area contributed by atoms with Crippen LogP contribution < -0.4 is 5.43 Å². The summed E-state index contributed by atoms with van der Waals surface area (Å²) in [5.74, 6) is 0. The number of nitrogens with zero attached hydrogens (tertiary/aromatic N) is 2. The molecule has 7 nitrogen and oxygen atoms in total. The van der Waals surface area contributed by atoms with Crippen molar-refractivity contribution in [3.8, 4) is 0 Å². The fraction of sp³-hybridized carbons (Fsp3) is 0.842. The normalized spacial score (nSPS) is 26.1. The van der Waals surface area contributed by atoms with Crippen LogP contribution in [0.15, 0.2) is 11.7 Å². The summed E-state index contributed by atoms with van der Waals surface area (Å²) in [6.07, 6.45) is 3.61. The molecule has 0 aromatic rings. The first-order valence-corrected chi connectivity index (χ1v) is 9.93. The summed E-state index contributed by atoms with van der Waals surface area (Å²) >= 11 is 0. The molecule has 8 heteroatoms. The summed E-state index contributed by atoms with van der Waals surface area (Å²) in [7, 11) is -0.311. The predicted octanol–water partition coefficient (Wildman–Crippen LogP) is 2.72. The number of carbonyl (C=O) groups is 1. The van der Waals surface area contributed by atoms with Crippen molar-refractivity contribution in [2.45, 2.75) is 84.2 Å². The largest absolute Gasteiger partial charge is 0.493 e. The van der Waals surface area contributed by atoms with Crippen LogP contribution >= 0.6 is 0 Å². The maximum atomic E-state index is 12.2. The lowest BCUT2D eigenvalue weighted by Gasteiger charge is -2.37. The van der Waals surface area contributed by atoms with Crippen LogP contribution in [0.4, 0.5) is 4.79 Å². The SMILES string of the molecule is CC(C)(C)OC(=O)N1CCC(N2CC(B3OC(C)(C)C(C)(C)O3)=CN2)CC1. The first kappa shape index (κ1) is 20.5. The molecule has 0 aromatic carbocycles. The van der Waals surface area contributed by atoms with Crippen molar-refractivity contribution in [3.63, 3.8) is 0 Å². The summed E-state index contributed by atoms with van der Waals surface area (Å²) in [5.41, 5.74) is 3.37. The molecule has 2 saturated heterocycles. The molecular formula is C19H34BN3O4. The van der Waals surface area contributed by atoms with Gasteiger partial charge in [-0.05, 0) is 66.8 Å². The van der Waals surface area contributed by atoms with E-state index in [9.17, 15) is 4.79 Å². The molecule has 0 bridgehead atoms. The van der Waals surface area contributed by atoms with E-state index in [2.05, 4.69) is 38.1 Å². The molecule has 1 N–H and O–H groups in total. The van der Waals surface area contributed by atoms with Crippen LogP contribution in [-0.2, 0) is 14.0 Å². The molecule has 3 aliphatic rings. The Balaban J connectivity index is 1.49. The second-order valence-corrected chi connectivity index (χ2v) is 9.76. The van der Waals surface area contributed by atoms with E-state index in [-0.39, 0.29) is 24.4 Å². The zero-order chi connectivity index (χ0) is 20.0.